The van der Waals surface area contributed by atoms with E-state index in [1.165, 1.54) is 17.6 Å². The largest absolute Gasteiger partial charge is 0.417 e. The molecule has 2 aromatic heterocycles. The minimum absolute atomic E-state index is 0.290. The van der Waals surface area contributed by atoms with Crippen molar-refractivity contribution in [2.45, 2.75) is 18.6 Å². The van der Waals surface area contributed by atoms with E-state index < -0.39 is 17.8 Å². The van der Waals surface area contributed by atoms with Crippen LogP contribution in [-0.4, -0.2) is 28.3 Å². The first-order chi connectivity index (χ1) is 8.93. The van der Waals surface area contributed by atoms with Crippen molar-refractivity contribution in [2.75, 3.05) is 13.7 Å². The molecule has 0 aliphatic rings. The Bertz CT molecular complexity index is 567. The molecule has 1 atom stereocenters. The van der Waals surface area contributed by atoms with Crippen LogP contribution < -0.4 is 5.73 Å². The Labute approximate surface area is 107 Å². The molecule has 2 heterocycles. The van der Waals surface area contributed by atoms with E-state index in [0.29, 0.717) is 18.7 Å². The molecule has 0 aliphatic carbocycles. The van der Waals surface area contributed by atoms with Crippen molar-refractivity contribution >= 4 is 5.65 Å². The summed E-state index contributed by atoms with van der Waals surface area (Å²) in [5.41, 5.74) is 5.43. The van der Waals surface area contributed by atoms with Crippen molar-refractivity contribution < 1.29 is 17.9 Å². The molecular weight excluding hydrogens is 261 g/mol. The monoisotopic (exact) mass is 274 g/mol. The number of pyridine rings is 1. The van der Waals surface area contributed by atoms with E-state index in [0.717, 1.165) is 12.3 Å². The summed E-state index contributed by atoms with van der Waals surface area (Å²) in [6.07, 6.45) is -3.00. The van der Waals surface area contributed by atoms with Gasteiger partial charge in [0.25, 0.3) is 0 Å². The smallest absolute Gasteiger partial charge is 0.385 e. The molecule has 0 aromatic carbocycles. The van der Waals surface area contributed by atoms with Crippen molar-refractivity contribution in [2.24, 2.45) is 5.73 Å². The fraction of sp³-hybridized carbons (Fsp3) is 0.455. The standard InChI is InChI=1S/C11H13F3N4O/c1-19-5-4-8(15)10-17-16-9-3-2-7(6-18(9)10)11(12,13)14/h2-3,6,8H,4-5,15H2,1H3. The summed E-state index contributed by atoms with van der Waals surface area (Å²) in [4.78, 5) is 0. The maximum absolute atomic E-state index is 12.7. The molecule has 0 aliphatic heterocycles. The van der Waals surface area contributed by atoms with Gasteiger partial charge in [-0.2, -0.15) is 13.2 Å². The topological polar surface area (TPSA) is 65.4 Å². The molecule has 5 nitrogen and oxygen atoms in total. The summed E-state index contributed by atoms with van der Waals surface area (Å²) in [5, 5.41) is 7.63. The molecule has 19 heavy (non-hydrogen) atoms. The highest BCUT2D eigenvalue weighted by atomic mass is 19.4. The predicted molar refractivity (Wildman–Crippen MR) is 61.4 cm³/mol. The van der Waals surface area contributed by atoms with Gasteiger partial charge in [-0.05, 0) is 18.6 Å². The summed E-state index contributed by atoms with van der Waals surface area (Å²) in [6, 6.07) is 1.70. The van der Waals surface area contributed by atoms with Crippen LogP contribution in [0.3, 0.4) is 0 Å². The maximum Gasteiger partial charge on any atom is 0.417 e. The number of alkyl halides is 3. The molecule has 2 N–H and O–H groups in total. The van der Waals surface area contributed by atoms with Crippen LogP contribution >= 0.6 is 0 Å². The number of fused-ring (bicyclic) bond motifs is 1. The summed E-state index contributed by atoms with van der Waals surface area (Å²) >= 11 is 0. The van der Waals surface area contributed by atoms with Crippen LogP contribution in [0.2, 0.25) is 0 Å². The summed E-state index contributed by atoms with van der Waals surface area (Å²) in [7, 11) is 1.52. The molecule has 0 amide bonds. The average Bonchev–Trinajstić information content (AvgIpc) is 2.77. The summed E-state index contributed by atoms with van der Waals surface area (Å²) in [5.74, 6) is 0.290. The minimum atomic E-state index is -4.41. The van der Waals surface area contributed by atoms with Gasteiger partial charge < -0.3 is 10.5 Å². The molecular formula is C11H13F3N4O. The van der Waals surface area contributed by atoms with Gasteiger partial charge in [-0.25, -0.2) is 0 Å². The normalized spacial score (nSPS) is 13.9. The van der Waals surface area contributed by atoms with Gasteiger partial charge in [-0.15, -0.1) is 10.2 Å². The van der Waals surface area contributed by atoms with Gasteiger partial charge in [0.1, 0.15) is 0 Å². The van der Waals surface area contributed by atoms with E-state index in [1.54, 1.807) is 0 Å². The van der Waals surface area contributed by atoms with Gasteiger partial charge in [-0.1, -0.05) is 0 Å². The van der Waals surface area contributed by atoms with Gasteiger partial charge >= 0.3 is 6.18 Å². The Morgan fingerprint density at radius 1 is 1.37 bits per heavy atom. The minimum Gasteiger partial charge on any atom is -0.385 e. The second-order valence-corrected chi connectivity index (χ2v) is 4.09. The molecule has 0 fully saturated rings. The molecule has 0 saturated carbocycles. The number of methoxy groups -OCH3 is 1. The van der Waals surface area contributed by atoms with E-state index in [2.05, 4.69) is 10.2 Å². The van der Waals surface area contributed by atoms with Crippen molar-refractivity contribution in [3.8, 4) is 0 Å². The van der Waals surface area contributed by atoms with Gasteiger partial charge in [0.05, 0.1) is 11.6 Å². The van der Waals surface area contributed by atoms with Crippen LogP contribution in [0, 0.1) is 0 Å². The van der Waals surface area contributed by atoms with Crippen LogP contribution in [0.15, 0.2) is 18.3 Å². The van der Waals surface area contributed by atoms with Crippen LogP contribution in [-0.2, 0) is 10.9 Å². The van der Waals surface area contributed by atoms with E-state index in [9.17, 15) is 13.2 Å². The lowest BCUT2D eigenvalue weighted by atomic mass is 10.2. The lowest BCUT2D eigenvalue weighted by Gasteiger charge is -2.11. The van der Waals surface area contributed by atoms with E-state index >= 15 is 0 Å². The van der Waals surface area contributed by atoms with Crippen molar-refractivity contribution in [3.63, 3.8) is 0 Å². The van der Waals surface area contributed by atoms with Crippen LogP contribution in [0.5, 0.6) is 0 Å². The molecule has 8 heteroatoms. The van der Waals surface area contributed by atoms with Gasteiger partial charge in [0, 0.05) is 19.9 Å². The van der Waals surface area contributed by atoms with E-state index in [4.69, 9.17) is 10.5 Å². The molecule has 2 aromatic rings. The lowest BCUT2D eigenvalue weighted by Crippen LogP contribution is -2.16. The highest BCUT2D eigenvalue weighted by Crippen LogP contribution is 2.29. The van der Waals surface area contributed by atoms with E-state index in [-0.39, 0.29) is 5.82 Å². The lowest BCUT2D eigenvalue weighted by molar-refractivity contribution is -0.137. The number of ether oxygens (including phenoxy) is 1. The Morgan fingerprint density at radius 2 is 2.11 bits per heavy atom. The summed E-state index contributed by atoms with van der Waals surface area (Å²) < 4.78 is 44.1. The first-order valence-electron chi connectivity index (χ1n) is 5.60. The zero-order valence-corrected chi connectivity index (χ0v) is 10.2. The number of aromatic nitrogens is 3. The van der Waals surface area contributed by atoms with Crippen LogP contribution in [0.1, 0.15) is 23.9 Å². The fourth-order valence-corrected chi connectivity index (χ4v) is 1.70. The molecule has 104 valence electrons. The van der Waals surface area contributed by atoms with Gasteiger partial charge in [0.15, 0.2) is 11.5 Å². The van der Waals surface area contributed by atoms with E-state index in [1.807, 2.05) is 0 Å². The van der Waals surface area contributed by atoms with Crippen LogP contribution in [0.4, 0.5) is 13.2 Å². The van der Waals surface area contributed by atoms with Gasteiger partial charge in [-0.3, -0.25) is 4.40 Å². The van der Waals surface area contributed by atoms with Crippen molar-refractivity contribution in [3.05, 3.63) is 29.7 Å². The SMILES string of the molecule is COCCC(N)c1nnc2ccc(C(F)(F)F)cn12. The molecule has 0 spiro atoms. The predicted octanol–water partition coefficient (Wildman–Crippen LogP) is 1.78. The number of rotatable bonds is 4. The average molecular weight is 274 g/mol. The first-order valence-corrected chi connectivity index (χ1v) is 5.60. The number of hydrogen-bond donors (Lipinski definition) is 1. The molecule has 0 saturated heterocycles. The molecule has 0 radical (unpaired) electrons. The Balaban J connectivity index is 2.40. The van der Waals surface area contributed by atoms with Gasteiger partial charge in [0.2, 0.25) is 0 Å². The zero-order valence-electron chi connectivity index (χ0n) is 10.2. The van der Waals surface area contributed by atoms with Crippen LogP contribution in [0.25, 0.3) is 5.65 Å². The third-order valence-electron chi connectivity index (χ3n) is 2.72. The number of nitrogens with zero attached hydrogens (tertiary/aromatic N) is 3. The number of nitrogens with two attached hydrogens (primary N) is 1. The third kappa shape index (κ3) is 2.85. The van der Waals surface area contributed by atoms with Crippen molar-refractivity contribution in [1.82, 2.24) is 14.6 Å². The fourth-order valence-electron chi connectivity index (χ4n) is 1.70. The number of hydrogen-bond acceptors (Lipinski definition) is 4. The summed E-state index contributed by atoms with van der Waals surface area (Å²) in [6.45, 7) is 0.398. The second kappa shape index (κ2) is 5.14. The van der Waals surface area contributed by atoms with Crippen molar-refractivity contribution in [1.29, 1.82) is 0 Å². The zero-order chi connectivity index (χ0) is 14.0. The molecule has 1 unspecified atom stereocenters. The third-order valence-corrected chi connectivity index (χ3v) is 2.72. The quantitative estimate of drug-likeness (QED) is 0.923. The highest BCUT2D eigenvalue weighted by Gasteiger charge is 2.31. The number of halogens is 3. The molecule has 0 bridgehead atoms. The Kier molecular flexibility index (Phi) is 3.72. The first kappa shape index (κ1) is 13.8. The highest BCUT2D eigenvalue weighted by molar-refractivity contribution is 5.40. The molecule has 2 rings (SSSR count). The Hall–Kier alpha value is -1.67. The second-order valence-electron chi connectivity index (χ2n) is 4.09. The Morgan fingerprint density at radius 3 is 2.74 bits per heavy atom. The maximum atomic E-state index is 12.7.